The Morgan fingerprint density at radius 1 is 1.33 bits per heavy atom. The third kappa shape index (κ3) is 2.94. The number of aromatic nitrogens is 3. The highest BCUT2D eigenvalue weighted by molar-refractivity contribution is 7.90. The Balaban J connectivity index is 1.54. The van der Waals surface area contributed by atoms with E-state index in [0.29, 0.717) is 11.1 Å². The first-order chi connectivity index (χ1) is 11.5. The Morgan fingerprint density at radius 3 is 2.96 bits per heavy atom. The highest BCUT2D eigenvalue weighted by atomic mass is 32.2. The molecule has 0 radical (unpaired) electrons. The molecule has 2 aliphatic heterocycles. The van der Waals surface area contributed by atoms with Crippen LogP contribution in [-0.4, -0.2) is 60.5 Å². The van der Waals surface area contributed by atoms with Gasteiger partial charge in [-0.3, -0.25) is 4.90 Å². The molecule has 1 atom stereocenters. The minimum absolute atomic E-state index is 0.175. The first kappa shape index (κ1) is 16.0. The molecular formula is C16H22N4O3S. The fraction of sp³-hybridized carbons (Fsp3) is 0.625. The average Bonchev–Trinajstić information content (AvgIpc) is 3.13. The van der Waals surface area contributed by atoms with E-state index in [0.717, 1.165) is 44.8 Å². The second kappa shape index (κ2) is 5.79. The van der Waals surface area contributed by atoms with E-state index in [1.165, 1.54) is 25.3 Å². The van der Waals surface area contributed by atoms with E-state index in [4.69, 9.17) is 4.74 Å². The number of hydrogen-bond acceptors (Lipinski definition) is 6. The largest absolute Gasteiger partial charge is 0.381 e. The summed E-state index contributed by atoms with van der Waals surface area (Å²) in [4.78, 5) is 6.95. The van der Waals surface area contributed by atoms with Gasteiger partial charge in [0.05, 0.1) is 12.8 Å². The minimum Gasteiger partial charge on any atom is -0.381 e. The summed E-state index contributed by atoms with van der Waals surface area (Å²) in [6.45, 7) is 4.69. The normalized spacial score (nSPS) is 25.7. The molecule has 2 fully saturated rings. The van der Waals surface area contributed by atoms with Crippen molar-refractivity contribution in [1.29, 1.82) is 0 Å². The van der Waals surface area contributed by atoms with Crippen LogP contribution in [-0.2, 0) is 21.1 Å². The summed E-state index contributed by atoms with van der Waals surface area (Å²) in [5.41, 5.74) is 1.76. The standard InChI is InChI=1S/C16H22N4O3S/c1-24(21,22)14-8-18-20-10-13(7-17-15(14)20)9-19-5-2-3-16(11-19)4-6-23-12-16/h7-8,10H,2-6,9,11-12H2,1H3/t16-/m0/s1. The smallest absolute Gasteiger partial charge is 0.180 e. The molecule has 0 bridgehead atoms. The van der Waals surface area contributed by atoms with Crippen molar-refractivity contribution >= 4 is 15.5 Å². The number of ether oxygens (including phenoxy) is 1. The first-order valence-corrected chi connectivity index (χ1v) is 10.2. The van der Waals surface area contributed by atoms with Crippen molar-refractivity contribution in [2.45, 2.75) is 30.7 Å². The van der Waals surface area contributed by atoms with Crippen molar-refractivity contribution in [1.82, 2.24) is 19.5 Å². The van der Waals surface area contributed by atoms with E-state index < -0.39 is 9.84 Å². The molecule has 0 N–H and O–H groups in total. The van der Waals surface area contributed by atoms with Crippen LogP contribution in [0.5, 0.6) is 0 Å². The van der Waals surface area contributed by atoms with Crippen molar-refractivity contribution in [3.05, 3.63) is 24.2 Å². The third-order valence-electron chi connectivity index (χ3n) is 5.11. The number of likely N-dealkylation sites (tertiary alicyclic amines) is 1. The highest BCUT2D eigenvalue weighted by Gasteiger charge is 2.38. The number of piperidine rings is 1. The topological polar surface area (TPSA) is 76.8 Å². The van der Waals surface area contributed by atoms with Crippen LogP contribution in [0, 0.1) is 5.41 Å². The van der Waals surface area contributed by atoms with E-state index in [1.807, 2.05) is 6.20 Å². The van der Waals surface area contributed by atoms with Gasteiger partial charge in [0.1, 0.15) is 4.90 Å². The number of rotatable bonds is 3. The van der Waals surface area contributed by atoms with Gasteiger partial charge < -0.3 is 4.74 Å². The molecule has 7 nitrogen and oxygen atoms in total. The lowest BCUT2D eigenvalue weighted by Crippen LogP contribution is -2.43. The van der Waals surface area contributed by atoms with Crippen LogP contribution in [0.2, 0.25) is 0 Å². The lowest BCUT2D eigenvalue weighted by atomic mass is 9.79. The van der Waals surface area contributed by atoms with Crippen molar-refractivity contribution in [3.8, 4) is 0 Å². The lowest BCUT2D eigenvalue weighted by molar-refractivity contribution is 0.0644. The van der Waals surface area contributed by atoms with Gasteiger partial charge in [-0.05, 0) is 25.8 Å². The monoisotopic (exact) mass is 350 g/mol. The second-order valence-electron chi connectivity index (χ2n) is 7.13. The molecule has 2 saturated heterocycles. The molecule has 0 amide bonds. The summed E-state index contributed by atoms with van der Waals surface area (Å²) >= 11 is 0. The predicted molar refractivity (Wildman–Crippen MR) is 88.5 cm³/mol. The van der Waals surface area contributed by atoms with Gasteiger partial charge >= 0.3 is 0 Å². The molecule has 2 aromatic heterocycles. The minimum atomic E-state index is -3.31. The number of sulfone groups is 1. The van der Waals surface area contributed by atoms with Crippen LogP contribution in [0.25, 0.3) is 5.65 Å². The summed E-state index contributed by atoms with van der Waals surface area (Å²) < 4.78 is 30.7. The molecule has 0 aliphatic carbocycles. The van der Waals surface area contributed by atoms with Crippen molar-refractivity contribution in [2.24, 2.45) is 5.41 Å². The van der Waals surface area contributed by atoms with Gasteiger partial charge in [0, 0.05) is 49.3 Å². The Morgan fingerprint density at radius 2 is 2.21 bits per heavy atom. The van der Waals surface area contributed by atoms with Gasteiger partial charge in [-0.1, -0.05) is 0 Å². The van der Waals surface area contributed by atoms with Gasteiger partial charge in [-0.25, -0.2) is 17.9 Å². The van der Waals surface area contributed by atoms with Gasteiger partial charge in [-0.15, -0.1) is 0 Å². The fourth-order valence-corrected chi connectivity index (χ4v) is 4.63. The Hall–Kier alpha value is -1.51. The average molecular weight is 350 g/mol. The van der Waals surface area contributed by atoms with Crippen LogP contribution >= 0.6 is 0 Å². The molecule has 1 spiro atoms. The van der Waals surface area contributed by atoms with Crippen molar-refractivity contribution in [2.75, 3.05) is 32.6 Å². The molecule has 8 heteroatoms. The number of nitrogens with zero attached hydrogens (tertiary/aromatic N) is 4. The SMILES string of the molecule is CS(=O)(=O)c1cnn2cc(CN3CCC[C@]4(CCOC4)C3)cnc12. The quantitative estimate of drug-likeness (QED) is 0.826. The van der Waals surface area contributed by atoms with Gasteiger partial charge in [0.15, 0.2) is 15.5 Å². The van der Waals surface area contributed by atoms with Crippen molar-refractivity contribution < 1.29 is 13.2 Å². The second-order valence-corrected chi connectivity index (χ2v) is 9.11. The zero-order chi connectivity index (χ0) is 16.8. The molecule has 0 unspecified atom stereocenters. The molecule has 4 rings (SSSR count). The van der Waals surface area contributed by atoms with E-state index in [2.05, 4.69) is 15.0 Å². The molecular weight excluding hydrogens is 328 g/mol. The zero-order valence-electron chi connectivity index (χ0n) is 13.8. The highest BCUT2D eigenvalue weighted by Crippen LogP contribution is 2.38. The van der Waals surface area contributed by atoms with Gasteiger partial charge in [0.25, 0.3) is 0 Å². The van der Waals surface area contributed by atoms with Crippen LogP contribution in [0.15, 0.2) is 23.5 Å². The van der Waals surface area contributed by atoms with E-state index >= 15 is 0 Å². The maximum Gasteiger partial charge on any atom is 0.180 e. The van der Waals surface area contributed by atoms with Gasteiger partial charge in [0.2, 0.25) is 0 Å². The molecule has 4 heterocycles. The Kier molecular flexibility index (Phi) is 3.85. The van der Waals surface area contributed by atoms with Gasteiger partial charge in [-0.2, -0.15) is 5.10 Å². The van der Waals surface area contributed by atoms with Crippen molar-refractivity contribution in [3.63, 3.8) is 0 Å². The van der Waals surface area contributed by atoms with Crippen LogP contribution < -0.4 is 0 Å². The molecule has 24 heavy (non-hydrogen) atoms. The summed E-state index contributed by atoms with van der Waals surface area (Å²) in [7, 11) is -3.31. The Bertz CT molecular complexity index is 855. The van der Waals surface area contributed by atoms with E-state index in [1.54, 1.807) is 10.7 Å². The maximum atomic E-state index is 11.7. The number of hydrogen-bond donors (Lipinski definition) is 0. The number of fused-ring (bicyclic) bond motifs is 1. The summed E-state index contributed by atoms with van der Waals surface area (Å²) in [6, 6.07) is 0. The summed E-state index contributed by atoms with van der Waals surface area (Å²) in [6.07, 6.45) is 9.78. The fourth-order valence-electron chi connectivity index (χ4n) is 3.91. The zero-order valence-corrected chi connectivity index (χ0v) is 14.6. The van der Waals surface area contributed by atoms with E-state index in [-0.39, 0.29) is 4.90 Å². The molecule has 0 saturated carbocycles. The molecule has 130 valence electrons. The summed E-state index contributed by atoms with van der Waals surface area (Å²) in [5.74, 6) is 0. The van der Waals surface area contributed by atoms with E-state index in [9.17, 15) is 8.42 Å². The summed E-state index contributed by atoms with van der Waals surface area (Å²) in [5, 5.41) is 4.15. The molecule has 0 aromatic carbocycles. The maximum absolute atomic E-state index is 11.7. The molecule has 2 aliphatic rings. The van der Waals surface area contributed by atoms with Crippen LogP contribution in [0.3, 0.4) is 0 Å². The Labute approximate surface area is 141 Å². The first-order valence-electron chi connectivity index (χ1n) is 8.28. The van der Waals surface area contributed by atoms with Crippen LogP contribution in [0.1, 0.15) is 24.8 Å². The lowest BCUT2D eigenvalue weighted by Gasteiger charge is -2.39. The molecule has 2 aromatic rings. The third-order valence-corrected chi connectivity index (χ3v) is 6.20. The van der Waals surface area contributed by atoms with Crippen LogP contribution in [0.4, 0.5) is 0 Å². The predicted octanol–water partition coefficient (Wildman–Crippen LogP) is 1.14.